The molecule has 0 aliphatic carbocycles. The SMILES string of the molecule is Nc1cc(Br)cc(C(=O)N2CCC[C@H](C(=O)O)C2)c1. The van der Waals surface area contributed by atoms with Crippen LogP contribution in [-0.4, -0.2) is 35.0 Å². The molecule has 0 unspecified atom stereocenters. The molecule has 2 rings (SSSR count). The third-order valence-corrected chi connectivity index (χ3v) is 3.68. The maximum absolute atomic E-state index is 12.3. The van der Waals surface area contributed by atoms with E-state index in [1.54, 1.807) is 23.1 Å². The van der Waals surface area contributed by atoms with Crippen molar-refractivity contribution in [3.8, 4) is 0 Å². The van der Waals surface area contributed by atoms with Crippen LogP contribution >= 0.6 is 15.9 Å². The van der Waals surface area contributed by atoms with Crippen LogP contribution in [0.3, 0.4) is 0 Å². The zero-order chi connectivity index (χ0) is 14.0. The minimum atomic E-state index is -0.841. The maximum atomic E-state index is 12.3. The highest BCUT2D eigenvalue weighted by Crippen LogP contribution is 2.22. The standard InChI is InChI=1S/C13H15BrN2O3/c14-10-4-9(5-11(15)6-10)12(17)16-3-1-2-8(7-16)13(18)19/h4-6,8H,1-3,7,15H2,(H,18,19)/t8-/m0/s1. The molecule has 6 heteroatoms. The van der Waals surface area contributed by atoms with Gasteiger partial charge in [-0.15, -0.1) is 0 Å². The van der Waals surface area contributed by atoms with Crippen LogP contribution < -0.4 is 5.73 Å². The minimum Gasteiger partial charge on any atom is -0.481 e. The average molecular weight is 327 g/mol. The Hall–Kier alpha value is -1.56. The number of rotatable bonds is 2. The van der Waals surface area contributed by atoms with Gasteiger partial charge in [-0.05, 0) is 31.0 Å². The van der Waals surface area contributed by atoms with Crippen molar-refractivity contribution in [1.82, 2.24) is 4.90 Å². The molecule has 1 atom stereocenters. The van der Waals surface area contributed by atoms with Gasteiger partial charge in [-0.3, -0.25) is 9.59 Å². The van der Waals surface area contributed by atoms with Crippen molar-refractivity contribution in [3.63, 3.8) is 0 Å². The Bertz CT molecular complexity index is 498. The van der Waals surface area contributed by atoms with Crippen LogP contribution in [-0.2, 0) is 4.79 Å². The highest BCUT2D eigenvalue weighted by molar-refractivity contribution is 9.10. The Labute approximate surface area is 119 Å². The molecule has 0 spiro atoms. The van der Waals surface area contributed by atoms with Crippen molar-refractivity contribution >= 4 is 33.5 Å². The van der Waals surface area contributed by atoms with E-state index in [-0.39, 0.29) is 12.5 Å². The summed E-state index contributed by atoms with van der Waals surface area (Å²) in [6, 6.07) is 5.02. The molecular weight excluding hydrogens is 312 g/mol. The van der Waals surface area contributed by atoms with E-state index < -0.39 is 11.9 Å². The van der Waals surface area contributed by atoms with Crippen LogP contribution in [0.1, 0.15) is 23.2 Å². The zero-order valence-corrected chi connectivity index (χ0v) is 11.9. The molecule has 19 heavy (non-hydrogen) atoms. The number of hydrogen-bond donors (Lipinski definition) is 2. The van der Waals surface area contributed by atoms with E-state index in [1.807, 2.05) is 0 Å². The van der Waals surface area contributed by atoms with Crippen LogP contribution in [0.4, 0.5) is 5.69 Å². The fourth-order valence-corrected chi connectivity index (χ4v) is 2.79. The van der Waals surface area contributed by atoms with Gasteiger partial charge in [-0.25, -0.2) is 0 Å². The number of carbonyl (C=O) groups excluding carboxylic acids is 1. The number of amides is 1. The van der Waals surface area contributed by atoms with Crippen molar-refractivity contribution in [1.29, 1.82) is 0 Å². The monoisotopic (exact) mass is 326 g/mol. The lowest BCUT2D eigenvalue weighted by molar-refractivity contribution is -0.143. The third kappa shape index (κ3) is 3.26. The molecule has 0 aromatic heterocycles. The Morgan fingerprint density at radius 1 is 1.37 bits per heavy atom. The van der Waals surface area contributed by atoms with E-state index in [9.17, 15) is 9.59 Å². The lowest BCUT2D eigenvalue weighted by Crippen LogP contribution is -2.42. The van der Waals surface area contributed by atoms with Gasteiger partial charge in [0, 0.05) is 28.8 Å². The number of aliphatic carboxylic acids is 1. The van der Waals surface area contributed by atoms with E-state index in [0.717, 1.165) is 4.47 Å². The number of likely N-dealkylation sites (tertiary alicyclic amines) is 1. The molecular formula is C13H15BrN2O3. The second-order valence-electron chi connectivity index (χ2n) is 4.70. The highest BCUT2D eigenvalue weighted by Gasteiger charge is 2.28. The third-order valence-electron chi connectivity index (χ3n) is 3.22. The van der Waals surface area contributed by atoms with Gasteiger partial charge >= 0.3 is 5.97 Å². The Kier molecular flexibility index (Phi) is 4.09. The summed E-state index contributed by atoms with van der Waals surface area (Å²) < 4.78 is 0.739. The van der Waals surface area contributed by atoms with E-state index in [4.69, 9.17) is 10.8 Å². The van der Waals surface area contributed by atoms with Gasteiger partial charge in [0.05, 0.1) is 5.92 Å². The highest BCUT2D eigenvalue weighted by atomic mass is 79.9. The van der Waals surface area contributed by atoms with Crippen LogP contribution in [0.25, 0.3) is 0 Å². The molecule has 0 bridgehead atoms. The first-order valence-electron chi connectivity index (χ1n) is 6.05. The summed E-state index contributed by atoms with van der Waals surface area (Å²) in [5, 5.41) is 9.03. The van der Waals surface area contributed by atoms with Gasteiger partial charge in [-0.2, -0.15) is 0 Å². The largest absolute Gasteiger partial charge is 0.481 e. The summed E-state index contributed by atoms with van der Waals surface area (Å²) in [4.78, 5) is 24.9. The number of nitrogens with two attached hydrogens (primary N) is 1. The number of hydrogen-bond acceptors (Lipinski definition) is 3. The Balaban J connectivity index is 2.16. The van der Waals surface area contributed by atoms with Gasteiger partial charge in [0.15, 0.2) is 0 Å². The molecule has 0 radical (unpaired) electrons. The lowest BCUT2D eigenvalue weighted by atomic mass is 9.97. The summed E-state index contributed by atoms with van der Waals surface area (Å²) in [5.74, 6) is -1.48. The molecule has 1 aromatic carbocycles. The summed E-state index contributed by atoms with van der Waals surface area (Å²) in [6.45, 7) is 0.857. The van der Waals surface area contributed by atoms with Gasteiger partial charge in [0.1, 0.15) is 0 Å². The first kappa shape index (κ1) is 13.9. The minimum absolute atomic E-state index is 0.168. The van der Waals surface area contributed by atoms with Gasteiger partial charge in [0.25, 0.3) is 5.91 Å². The number of nitrogens with zero attached hydrogens (tertiary/aromatic N) is 1. The second kappa shape index (κ2) is 5.61. The summed E-state index contributed by atoms with van der Waals surface area (Å²) in [7, 11) is 0. The topological polar surface area (TPSA) is 83.6 Å². The molecule has 1 amide bonds. The van der Waals surface area contributed by atoms with Crippen molar-refractivity contribution in [2.24, 2.45) is 5.92 Å². The molecule has 1 aromatic rings. The molecule has 5 nitrogen and oxygen atoms in total. The van der Waals surface area contributed by atoms with Crippen molar-refractivity contribution in [2.45, 2.75) is 12.8 Å². The van der Waals surface area contributed by atoms with E-state index in [1.165, 1.54) is 0 Å². The number of nitrogen functional groups attached to an aromatic ring is 1. The molecule has 1 saturated heterocycles. The smallest absolute Gasteiger partial charge is 0.308 e. The molecule has 1 fully saturated rings. The number of anilines is 1. The van der Waals surface area contributed by atoms with Crippen molar-refractivity contribution in [2.75, 3.05) is 18.8 Å². The fourth-order valence-electron chi connectivity index (χ4n) is 2.28. The maximum Gasteiger partial charge on any atom is 0.308 e. The second-order valence-corrected chi connectivity index (χ2v) is 5.62. The van der Waals surface area contributed by atoms with Gasteiger partial charge in [-0.1, -0.05) is 15.9 Å². The fraction of sp³-hybridized carbons (Fsp3) is 0.385. The van der Waals surface area contributed by atoms with Crippen LogP contribution in [0, 0.1) is 5.92 Å². The number of halogens is 1. The first-order chi connectivity index (χ1) is 8.97. The molecule has 3 N–H and O–H groups in total. The van der Waals surface area contributed by atoms with E-state index in [2.05, 4.69) is 15.9 Å². The van der Waals surface area contributed by atoms with Crippen molar-refractivity contribution in [3.05, 3.63) is 28.2 Å². The normalized spacial score (nSPS) is 19.2. The molecule has 102 valence electrons. The van der Waals surface area contributed by atoms with Crippen LogP contribution in [0.15, 0.2) is 22.7 Å². The van der Waals surface area contributed by atoms with Gasteiger partial charge in [0.2, 0.25) is 0 Å². The summed E-state index contributed by atoms with van der Waals surface area (Å²) in [5.41, 5.74) is 6.70. The van der Waals surface area contributed by atoms with Crippen LogP contribution in [0.2, 0.25) is 0 Å². The van der Waals surface area contributed by atoms with Crippen LogP contribution in [0.5, 0.6) is 0 Å². The molecule has 1 aliphatic heterocycles. The predicted molar refractivity (Wildman–Crippen MR) is 74.8 cm³/mol. The number of carboxylic acid groups (broad SMARTS) is 1. The number of benzene rings is 1. The Morgan fingerprint density at radius 3 is 2.74 bits per heavy atom. The predicted octanol–water partition coefficient (Wildman–Crippen LogP) is 1.97. The lowest BCUT2D eigenvalue weighted by Gasteiger charge is -2.30. The average Bonchev–Trinajstić information content (AvgIpc) is 2.37. The molecule has 1 heterocycles. The van der Waals surface area contributed by atoms with E-state index in [0.29, 0.717) is 30.6 Å². The molecule has 0 saturated carbocycles. The van der Waals surface area contributed by atoms with Gasteiger partial charge < -0.3 is 15.7 Å². The van der Waals surface area contributed by atoms with Crippen molar-refractivity contribution < 1.29 is 14.7 Å². The number of piperidine rings is 1. The quantitative estimate of drug-likeness (QED) is 0.814. The molecule has 1 aliphatic rings. The number of carbonyl (C=O) groups is 2. The summed E-state index contributed by atoms with van der Waals surface area (Å²) in [6.07, 6.45) is 1.34. The van der Waals surface area contributed by atoms with E-state index >= 15 is 0 Å². The zero-order valence-electron chi connectivity index (χ0n) is 10.3. The first-order valence-corrected chi connectivity index (χ1v) is 6.85. The number of carboxylic acids is 1. The summed E-state index contributed by atoms with van der Waals surface area (Å²) >= 11 is 3.30. The Morgan fingerprint density at radius 2 is 2.11 bits per heavy atom.